The molecule has 1 aliphatic rings. The number of ketones is 1. The molecule has 0 atom stereocenters. The smallest absolute Gasteiger partial charge is 0.162 e. The quantitative estimate of drug-likeness (QED) is 0.0931. The van der Waals surface area contributed by atoms with Crippen LogP contribution >= 0.6 is 0 Å². The fourth-order valence-electron chi connectivity index (χ4n) is 6.55. The molecule has 1 aliphatic carbocycles. The summed E-state index contributed by atoms with van der Waals surface area (Å²) >= 11 is 0. The molecule has 0 spiro atoms. The van der Waals surface area contributed by atoms with Crippen LogP contribution in [0.15, 0.2) is 66.7 Å². The van der Waals surface area contributed by atoms with E-state index in [9.17, 15) is 9.90 Å². The van der Waals surface area contributed by atoms with Gasteiger partial charge in [0, 0.05) is 56.1 Å². The van der Waals surface area contributed by atoms with Crippen LogP contribution in [0.2, 0.25) is 0 Å². The second kappa shape index (κ2) is 17.9. The van der Waals surface area contributed by atoms with Crippen molar-refractivity contribution in [3.8, 4) is 22.5 Å². The van der Waals surface area contributed by atoms with Gasteiger partial charge >= 0.3 is 0 Å². The Morgan fingerprint density at radius 1 is 0.872 bits per heavy atom. The third-order valence-electron chi connectivity index (χ3n) is 9.36. The average Bonchev–Trinajstić information content (AvgIpc) is 3.04. The summed E-state index contributed by atoms with van der Waals surface area (Å²) in [7, 11) is 0. The third-order valence-corrected chi connectivity index (χ3v) is 9.36. The molecule has 0 bridgehead atoms. The number of aryl methyl sites for hydroxylation is 2. The number of allylic oxidation sites excluding steroid dienone is 2. The largest absolute Gasteiger partial charge is 0.512 e. The average molecular weight is 810 g/mol. The van der Waals surface area contributed by atoms with Crippen molar-refractivity contribution >= 4 is 16.6 Å². The number of carbonyl (C=O) groups is 1. The van der Waals surface area contributed by atoms with Crippen molar-refractivity contribution in [2.45, 2.75) is 106 Å². The first kappa shape index (κ1) is 38.3. The number of hydrogen-bond acceptors (Lipinski definition) is 4. The molecule has 2 aromatic carbocycles. The molecule has 253 valence electrons. The Morgan fingerprint density at radius 2 is 1.53 bits per heavy atom. The Labute approximate surface area is 296 Å². The second-order valence-corrected chi connectivity index (χ2v) is 13.5. The molecular weight excluding hydrogens is 757 g/mol. The Kier molecular flexibility index (Phi) is 14.6. The maximum atomic E-state index is 11.7. The van der Waals surface area contributed by atoms with Gasteiger partial charge in [-0.25, -0.2) is 0 Å². The van der Waals surface area contributed by atoms with E-state index in [-0.39, 0.29) is 43.5 Å². The van der Waals surface area contributed by atoms with E-state index in [0.29, 0.717) is 11.8 Å². The van der Waals surface area contributed by atoms with Crippen LogP contribution in [-0.4, -0.2) is 20.9 Å². The SMILES string of the molecule is CC(C)Cc1cnc2c(c1)CCc1cnc(-c3[c-]c4ccccc4c(C(C)C)c3)cc1-2.CCC(CC)C(=O)/C=C(\O)C(CC)CC.[Ir]. The summed E-state index contributed by atoms with van der Waals surface area (Å²) in [5, 5.41) is 12.2. The van der Waals surface area contributed by atoms with Crippen molar-refractivity contribution in [2.75, 3.05) is 0 Å². The summed E-state index contributed by atoms with van der Waals surface area (Å²) in [5.41, 5.74) is 9.76. The summed E-state index contributed by atoms with van der Waals surface area (Å²) in [6.07, 6.45) is 12.2. The van der Waals surface area contributed by atoms with Crippen molar-refractivity contribution in [1.82, 2.24) is 9.97 Å². The fraction of sp³-hybridized carbons (Fsp3) is 0.452. The number of benzene rings is 2. The van der Waals surface area contributed by atoms with E-state index in [1.165, 1.54) is 39.3 Å². The van der Waals surface area contributed by atoms with E-state index in [0.717, 1.165) is 67.3 Å². The summed E-state index contributed by atoms with van der Waals surface area (Å²) in [5.74, 6) is 1.63. The van der Waals surface area contributed by atoms with Gasteiger partial charge in [-0.3, -0.25) is 14.8 Å². The Morgan fingerprint density at radius 3 is 2.17 bits per heavy atom. The van der Waals surface area contributed by atoms with Crippen LogP contribution in [0.1, 0.15) is 109 Å². The number of aromatic nitrogens is 2. The van der Waals surface area contributed by atoms with E-state index in [1.807, 2.05) is 27.7 Å². The van der Waals surface area contributed by atoms with Crippen molar-refractivity contribution < 1.29 is 30.0 Å². The Bertz CT molecular complexity index is 1670. The second-order valence-electron chi connectivity index (χ2n) is 13.5. The normalized spacial score (nSPS) is 12.6. The first-order chi connectivity index (χ1) is 22.1. The number of aliphatic hydroxyl groups excluding tert-OH is 1. The van der Waals surface area contributed by atoms with Gasteiger partial charge in [0.15, 0.2) is 5.78 Å². The van der Waals surface area contributed by atoms with Crippen LogP contribution in [0.4, 0.5) is 0 Å². The van der Waals surface area contributed by atoms with Gasteiger partial charge < -0.3 is 5.11 Å². The van der Waals surface area contributed by atoms with Gasteiger partial charge in [-0.2, -0.15) is 0 Å². The molecule has 0 aliphatic heterocycles. The first-order valence-electron chi connectivity index (χ1n) is 17.5. The first-order valence-corrected chi connectivity index (χ1v) is 17.5. The predicted molar refractivity (Wildman–Crippen MR) is 193 cm³/mol. The number of carbonyl (C=O) groups excluding carboxylic acids is 1. The minimum atomic E-state index is 0. The molecule has 4 nitrogen and oxygen atoms in total. The van der Waals surface area contributed by atoms with Gasteiger partial charge in [-0.15, -0.1) is 29.1 Å². The van der Waals surface area contributed by atoms with Crippen molar-refractivity contribution in [3.63, 3.8) is 0 Å². The Hall–Kier alpha value is -3.14. The minimum Gasteiger partial charge on any atom is -0.512 e. The molecule has 0 unspecified atom stereocenters. The molecule has 0 saturated heterocycles. The number of fused-ring (bicyclic) bond motifs is 4. The molecular formula is C42H53IrN2O2-. The Balaban J connectivity index is 0.000000322. The van der Waals surface area contributed by atoms with Gasteiger partial charge in [0.2, 0.25) is 0 Å². The van der Waals surface area contributed by atoms with Crippen LogP contribution in [0.3, 0.4) is 0 Å². The van der Waals surface area contributed by atoms with Crippen molar-refractivity contribution in [1.29, 1.82) is 0 Å². The number of aliphatic hydroxyl groups is 1. The van der Waals surface area contributed by atoms with Crippen LogP contribution in [-0.2, 0) is 44.2 Å². The molecule has 0 amide bonds. The number of pyridine rings is 2. The van der Waals surface area contributed by atoms with E-state index in [2.05, 4.69) is 88.6 Å². The molecule has 0 saturated carbocycles. The van der Waals surface area contributed by atoms with Gasteiger partial charge in [0.25, 0.3) is 0 Å². The predicted octanol–water partition coefficient (Wildman–Crippen LogP) is 11.1. The zero-order valence-electron chi connectivity index (χ0n) is 29.6. The maximum absolute atomic E-state index is 11.7. The summed E-state index contributed by atoms with van der Waals surface area (Å²) in [4.78, 5) is 21.5. The van der Waals surface area contributed by atoms with Crippen LogP contribution in [0.5, 0.6) is 0 Å². The van der Waals surface area contributed by atoms with Crippen LogP contribution in [0.25, 0.3) is 33.3 Å². The molecule has 2 aromatic heterocycles. The zero-order valence-corrected chi connectivity index (χ0v) is 32.0. The molecule has 2 heterocycles. The molecule has 47 heavy (non-hydrogen) atoms. The monoisotopic (exact) mass is 810 g/mol. The molecule has 0 fully saturated rings. The fourth-order valence-corrected chi connectivity index (χ4v) is 6.55. The van der Waals surface area contributed by atoms with Gasteiger partial charge in [0.05, 0.1) is 11.5 Å². The topological polar surface area (TPSA) is 63.1 Å². The molecule has 1 radical (unpaired) electrons. The summed E-state index contributed by atoms with van der Waals surface area (Å²) in [6, 6.07) is 19.0. The number of nitrogens with zero attached hydrogens (tertiary/aromatic N) is 2. The summed E-state index contributed by atoms with van der Waals surface area (Å²) < 4.78 is 0. The molecule has 5 heteroatoms. The van der Waals surface area contributed by atoms with Crippen LogP contribution < -0.4 is 0 Å². The molecule has 5 rings (SSSR count). The minimum absolute atomic E-state index is 0. The van der Waals surface area contributed by atoms with Crippen molar-refractivity contribution in [2.24, 2.45) is 17.8 Å². The maximum Gasteiger partial charge on any atom is 0.162 e. The van der Waals surface area contributed by atoms with E-state index >= 15 is 0 Å². The zero-order chi connectivity index (χ0) is 33.4. The number of hydrogen-bond donors (Lipinski definition) is 1. The molecule has 4 aromatic rings. The molecule has 1 N–H and O–H groups in total. The third kappa shape index (κ3) is 9.48. The van der Waals surface area contributed by atoms with Gasteiger partial charge in [-0.05, 0) is 79.0 Å². The van der Waals surface area contributed by atoms with E-state index < -0.39 is 0 Å². The standard InChI is InChI=1S/C29H29N2.C13H24O2.Ir/c1-18(2)11-20-12-22-9-10-23-17-30-28(15-27(23)29(22)31-16-20)24-13-21-7-5-6-8-25(21)26(14-24)19(3)4;1-5-10(6-2)12(14)9-13(15)11(7-3)8-4;/h5-8,12,14-19H,9-11H2,1-4H3;9-11,14H,5-8H2,1-4H3;/q-1;;/b;12-9-;. The number of rotatable bonds is 11. The van der Waals surface area contributed by atoms with Crippen LogP contribution in [0, 0.1) is 23.8 Å². The van der Waals surface area contributed by atoms with Gasteiger partial charge in [0.1, 0.15) is 0 Å². The van der Waals surface area contributed by atoms with E-state index in [4.69, 9.17) is 9.97 Å². The van der Waals surface area contributed by atoms with Crippen molar-refractivity contribution in [3.05, 3.63) is 95.0 Å². The van der Waals surface area contributed by atoms with E-state index in [1.54, 1.807) is 0 Å². The van der Waals surface area contributed by atoms with Gasteiger partial charge in [-0.1, -0.05) is 96.7 Å². The summed E-state index contributed by atoms with van der Waals surface area (Å²) in [6.45, 7) is 17.1.